The van der Waals surface area contributed by atoms with Crippen LogP contribution in [0.2, 0.25) is 0 Å². The van der Waals surface area contributed by atoms with E-state index in [0.29, 0.717) is 0 Å². The fourth-order valence-electron chi connectivity index (χ4n) is 1.28. The summed E-state index contributed by atoms with van der Waals surface area (Å²) in [5, 5.41) is 4.22. The Morgan fingerprint density at radius 1 is 1.29 bits per heavy atom. The Bertz CT molecular complexity index is 436. The summed E-state index contributed by atoms with van der Waals surface area (Å²) in [5.41, 5.74) is 0.899. The lowest BCUT2D eigenvalue weighted by molar-refractivity contribution is 0.411. The Kier molecular flexibility index (Phi) is 2.18. The largest absolute Gasteiger partial charge is 0.494 e. The van der Waals surface area contributed by atoms with Gasteiger partial charge in [0.25, 0.3) is 0 Å². The van der Waals surface area contributed by atoms with Gasteiger partial charge in [0.2, 0.25) is 0 Å². The van der Waals surface area contributed by atoms with Gasteiger partial charge in [0.15, 0.2) is 0 Å². The van der Waals surface area contributed by atoms with Gasteiger partial charge in [0, 0.05) is 0 Å². The molecule has 0 bridgehead atoms. The highest BCUT2D eigenvalue weighted by molar-refractivity contribution is 5.45. The number of nitrogens with zero attached hydrogens (tertiary/aromatic N) is 3. The molecule has 0 amide bonds. The minimum Gasteiger partial charge on any atom is -0.494 e. The van der Waals surface area contributed by atoms with Crippen LogP contribution in [0.3, 0.4) is 0 Å². The molecule has 4 nitrogen and oxygen atoms in total. The first-order valence-corrected chi connectivity index (χ1v) is 4.33. The number of benzene rings is 1. The fourth-order valence-corrected chi connectivity index (χ4v) is 1.28. The molecule has 14 heavy (non-hydrogen) atoms. The summed E-state index contributed by atoms with van der Waals surface area (Å²) in [4.78, 5) is 4.06. The van der Waals surface area contributed by atoms with E-state index in [2.05, 4.69) is 10.1 Å². The maximum atomic E-state index is 5.22. The van der Waals surface area contributed by atoms with Gasteiger partial charge in [-0.3, -0.25) is 0 Å². The molecule has 0 atom stereocenters. The lowest BCUT2D eigenvalue weighted by Gasteiger charge is -2.06. The number of aryl methyl sites for hydroxylation is 1. The van der Waals surface area contributed by atoms with Crippen molar-refractivity contribution < 1.29 is 4.74 Å². The Morgan fingerprint density at radius 3 is 2.71 bits per heavy atom. The van der Waals surface area contributed by atoms with E-state index in [1.165, 1.54) is 0 Å². The van der Waals surface area contributed by atoms with E-state index in [1.807, 2.05) is 31.2 Å². The normalized spacial score (nSPS) is 10.1. The molecule has 0 N–H and O–H groups in total. The summed E-state index contributed by atoms with van der Waals surface area (Å²) in [6.07, 6.45) is 1.67. The molecule has 1 aromatic heterocycles. The van der Waals surface area contributed by atoms with E-state index >= 15 is 0 Å². The smallest absolute Gasteiger partial charge is 0.147 e. The maximum absolute atomic E-state index is 5.22. The van der Waals surface area contributed by atoms with Crippen molar-refractivity contribution in [2.24, 2.45) is 0 Å². The molecule has 0 radical (unpaired) electrons. The molecular weight excluding hydrogens is 178 g/mol. The molecule has 0 aliphatic carbocycles. The van der Waals surface area contributed by atoms with Crippen LogP contribution in [0.5, 0.6) is 5.75 Å². The Labute approximate surface area is 82.2 Å². The first kappa shape index (κ1) is 8.74. The molecule has 0 aliphatic rings. The highest BCUT2D eigenvalue weighted by Gasteiger charge is 2.04. The van der Waals surface area contributed by atoms with Crippen LogP contribution in [0.4, 0.5) is 0 Å². The van der Waals surface area contributed by atoms with Crippen molar-refractivity contribution in [3.8, 4) is 11.4 Å². The van der Waals surface area contributed by atoms with Crippen molar-refractivity contribution in [3.63, 3.8) is 0 Å². The molecule has 0 saturated heterocycles. The van der Waals surface area contributed by atoms with E-state index in [9.17, 15) is 0 Å². The van der Waals surface area contributed by atoms with E-state index in [-0.39, 0.29) is 0 Å². The number of hydrogen-bond acceptors (Lipinski definition) is 3. The highest BCUT2D eigenvalue weighted by Crippen LogP contribution is 2.20. The van der Waals surface area contributed by atoms with Crippen LogP contribution in [-0.4, -0.2) is 21.9 Å². The third-order valence-electron chi connectivity index (χ3n) is 1.94. The molecule has 2 rings (SSSR count). The summed E-state index contributed by atoms with van der Waals surface area (Å²) in [5.74, 6) is 1.54. The number of rotatable bonds is 2. The second kappa shape index (κ2) is 3.49. The summed E-state index contributed by atoms with van der Waals surface area (Å²) in [6.45, 7) is 1.85. The number of methoxy groups -OCH3 is 1. The lowest BCUT2D eigenvalue weighted by Crippen LogP contribution is -1.98. The van der Waals surface area contributed by atoms with Crippen LogP contribution in [0.25, 0.3) is 5.69 Å². The Hall–Kier alpha value is -1.84. The molecule has 4 heteroatoms. The van der Waals surface area contributed by atoms with Gasteiger partial charge in [-0.1, -0.05) is 12.1 Å². The maximum Gasteiger partial charge on any atom is 0.147 e. The molecule has 0 fully saturated rings. The van der Waals surface area contributed by atoms with E-state index in [0.717, 1.165) is 17.3 Å². The zero-order chi connectivity index (χ0) is 9.97. The quantitative estimate of drug-likeness (QED) is 0.720. The second-order valence-electron chi connectivity index (χ2n) is 2.91. The van der Waals surface area contributed by atoms with Crippen LogP contribution in [0.1, 0.15) is 5.82 Å². The molecule has 0 saturated carbocycles. The van der Waals surface area contributed by atoms with E-state index in [1.54, 1.807) is 18.1 Å². The van der Waals surface area contributed by atoms with Crippen molar-refractivity contribution in [2.45, 2.75) is 6.92 Å². The summed E-state index contributed by atoms with van der Waals surface area (Å²) in [6, 6.07) is 7.69. The van der Waals surface area contributed by atoms with E-state index in [4.69, 9.17) is 4.74 Å². The SMILES string of the molecule is COc1ccccc1-n1cnc(C)n1. The predicted molar refractivity (Wildman–Crippen MR) is 52.6 cm³/mol. The van der Waals surface area contributed by atoms with Gasteiger partial charge in [0.1, 0.15) is 23.6 Å². The molecule has 1 aromatic carbocycles. The Morgan fingerprint density at radius 2 is 2.07 bits per heavy atom. The third kappa shape index (κ3) is 1.46. The van der Waals surface area contributed by atoms with Crippen LogP contribution >= 0.6 is 0 Å². The third-order valence-corrected chi connectivity index (χ3v) is 1.94. The minimum atomic E-state index is 0.746. The minimum absolute atomic E-state index is 0.746. The number of ether oxygens (including phenoxy) is 1. The highest BCUT2D eigenvalue weighted by atomic mass is 16.5. The van der Waals surface area contributed by atoms with Crippen LogP contribution < -0.4 is 4.74 Å². The zero-order valence-electron chi connectivity index (χ0n) is 8.14. The monoisotopic (exact) mass is 189 g/mol. The molecule has 2 aromatic rings. The van der Waals surface area contributed by atoms with Gasteiger partial charge in [-0.25, -0.2) is 9.67 Å². The summed E-state index contributed by atoms with van der Waals surface area (Å²) < 4.78 is 6.92. The molecular formula is C10H11N3O. The van der Waals surface area contributed by atoms with Gasteiger partial charge in [-0.05, 0) is 19.1 Å². The summed E-state index contributed by atoms with van der Waals surface area (Å²) >= 11 is 0. The number of para-hydroxylation sites is 2. The predicted octanol–water partition coefficient (Wildman–Crippen LogP) is 1.58. The average Bonchev–Trinajstić information content (AvgIpc) is 2.65. The molecule has 72 valence electrons. The first-order valence-electron chi connectivity index (χ1n) is 4.33. The average molecular weight is 189 g/mol. The molecule has 0 spiro atoms. The number of hydrogen-bond donors (Lipinski definition) is 0. The zero-order valence-corrected chi connectivity index (χ0v) is 8.14. The van der Waals surface area contributed by atoms with E-state index < -0.39 is 0 Å². The lowest BCUT2D eigenvalue weighted by atomic mass is 10.3. The molecule has 0 aliphatic heterocycles. The van der Waals surface area contributed by atoms with Crippen molar-refractivity contribution in [1.82, 2.24) is 14.8 Å². The van der Waals surface area contributed by atoms with Crippen molar-refractivity contribution in [1.29, 1.82) is 0 Å². The van der Waals surface area contributed by atoms with Crippen LogP contribution in [0.15, 0.2) is 30.6 Å². The molecule has 1 heterocycles. The van der Waals surface area contributed by atoms with Crippen molar-refractivity contribution in [3.05, 3.63) is 36.4 Å². The van der Waals surface area contributed by atoms with Crippen molar-refractivity contribution >= 4 is 0 Å². The summed E-state index contributed by atoms with van der Waals surface area (Å²) in [7, 11) is 1.64. The standard InChI is InChI=1S/C10H11N3O/c1-8-11-7-13(12-8)9-5-3-4-6-10(9)14-2/h3-7H,1-2H3. The number of aromatic nitrogens is 3. The first-order chi connectivity index (χ1) is 6.81. The fraction of sp³-hybridized carbons (Fsp3) is 0.200. The van der Waals surface area contributed by atoms with Gasteiger partial charge in [0.05, 0.1) is 7.11 Å². The van der Waals surface area contributed by atoms with Gasteiger partial charge in [-0.2, -0.15) is 5.10 Å². The second-order valence-corrected chi connectivity index (χ2v) is 2.91. The van der Waals surface area contributed by atoms with Gasteiger partial charge in [-0.15, -0.1) is 0 Å². The topological polar surface area (TPSA) is 39.9 Å². The van der Waals surface area contributed by atoms with Gasteiger partial charge < -0.3 is 4.74 Å². The van der Waals surface area contributed by atoms with Crippen LogP contribution in [0, 0.1) is 6.92 Å². The van der Waals surface area contributed by atoms with Crippen LogP contribution in [-0.2, 0) is 0 Å². The van der Waals surface area contributed by atoms with Gasteiger partial charge >= 0.3 is 0 Å². The molecule has 0 unspecified atom stereocenters. The van der Waals surface area contributed by atoms with Crippen molar-refractivity contribution in [2.75, 3.05) is 7.11 Å². The Balaban J connectivity index is 2.50.